The van der Waals surface area contributed by atoms with E-state index in [1.807, 2.05) is 0 Å². The molecule has 1 aliphatic heterocycles. The van der Waals surface area contributed by atoms with Crippen LogP contribution >= 0.6 is 0 Å². The molecule has 1 saturated heterocycles. The summed E-state index contributed by atoms with van der Waals surface area (Å²) in [5.74, 6) is 0. The maximum absolute atomic E-state index is 9.67. The third-order valence-electron chi connectivity index (χ3n) is 3.20. The van der Waals surface area contributed by atoms with Gasteiger partial charge in [-0.2, -0.15) is 0 Å². The normalized spacial score (nSPS) is 53.8. The van der Waals surface area contributed by atoms with Gasteiger partial charge in [0.25, 0.3) is 0 Å². The molecule has 0 amide bonds. The van der Waals surface area contributed by atoms with E-state index in [1.165, 1.54) is 0 Å². The van der Waals surface area contributed by atoms with E-state index in [4.69, 9.17) is 9.84 Å². The summed E-state index contributed by atoms with van der Waals surface area (Å²) in [6.45, 7) is -0.376. The van der Waals surface area contributed by atoms with Gasteiger partial charge in [-0.15, -0.1) is 0 Å². The van der Waals surface area contributed by atoms with Crippen molar-refractivity contribution < 1.29 is 43.3 Å². The van der Waals surface area contributed by atoms with Crippen LogP contribution in [-0.4, -0.2) is 63.1 Å². The molecular formula is C8H16ClNO5. The van der Waals surface area contributed by atoms with Crippen molar-refractivity contribution in [2.75, 3.05) is 6.61 Å². The predicted molar refractivity (Wildman–Crippen MR) is 44.0 cm³/mol. The minimum absolute atomic E-state index is 0. The van der Waals surface area contributed by atoms with E-state index in [9.17, 15) is 15.3 Å². The topological polar surface area (TPSA) is 118 Å². The average molecular weight is 242 g/mol. The first-order valence-electron chi connectivity index (χ1n) is 4.69. The fourth-order valence-corrected chi connectivity index (χ4v) is 2.10. The molecule has 0 aromatic carbocycles. The van der Waals surface area contributed by atoms with Crippen molar-refractivity contribution in [1.29, 1.82) is 0 Å². The molecule has 1 aliphatic carbocycles. The molecule has 1 heterocycles. The number of hydrogen-bond donors (Lipinski definition) is 5. The van der Waals surface area contributed by atoms with Crippen LogP contribution in [0.3, 0.4) is 0 Å². The Morgan fingerprint density at radius 2 is 1.80 bits per heavy atom. The predicted octanol–water partition coefficient (Wildman–Crippen LogP) is -6.78. The Kier molecular flexibility index (Phi) is 3.62. The molecule has 90 valence electrons. The van der Waals surface area contributed by atoms with Gasteiger partial charge < -0.3 is 43.3 Å². The zero-order valence-corrected chi connectivity index (χ0v) is 8.84. The minimum Gasteiger partial charge on any atom is -1.00 e. The van der Waals surface area contributed by atoms with Crippen LogP contribution in [0.5, 0.6) is 0 Å². The Balaban J connectivity index is 0.00000112. The number of quaternary nitrogens is 1. The van der Waals surface area contributed by atoms with Crippen LogP contribution in [0.15, 0.2) is 0 Å². The summed E-state index contributed by atoms with van der Waals surface area (Å²) in [4.78, 5) is 0. The highest BCUT2D eigenvalue weighted by Gasteiger charge is 2.68. The smallest absolute Gasteiger partial charge is 0.154 e. The van der Waals surface area contributed by atoms with E-state index in [1.54, 1.807) is 0 Å². The third-order valence-corrected chi connectivity index (χ3v) is 3.20. The third kappa shape index (κ3) is 1.76. The first-order chi connectivity index (χ1) is 6.53. The Morgan fingerprint density at radius 1 is 1.27 bits per heavy atom. The molecule has 2 rings (SSSR count). The van der Waals surface area contributed by atoms with Crippen LogP contribution in [-0.2, 0) is 4.74 Å². The highest BCUT2D eigenvalue weighted by atomic mass is 35.5. The molecule has 7 N–H and O–H groups in total. The Hall–Kier alpha value is 0.0500. The second-order valence-electron chi connectivity index (χ2n) is 4.12. The molecule has 1 saturated carbocycles. The molecule has 0 radical (unpaired) electrons. The molecule has 1 spiro atoms. The van der Waals surface area contributed by atoms with Crippen molar-refractivity contribution in [2.45, 2.75) is 42.5 Å². The van der Waals surface area contributed by atoms with Crippen molar-refractivity contribution in [3.63, 3.8) is 0 Å². The first-order valence-corrected chi connectivity index (χ1v) is 4.69. The summed E-state index contributed by atoms with van der Waals surface area (Å²) in [5, 5.41) is 37.5. The van der Waals surface area contributed by atoms with Gasteiger partial charge in [-0.25, -0.2) is 0 Å². The maximum atomic E-state index is 9.67. The van der Waals surface area contributed by atoms with E-state index >= 15 is 0 Å². The second kappa shape index (κ2) is 4.14. The van der Waals surface area contributed by atoms with Gasteiger partial charge in [-0.1, -0.05) is 0 Å². The van der Waals surface area contributed by atoms with Gasteiger partial charge in [0.2, 0.25) is 0 Å². The minimum atomic E-state index is -1.27. The molecule has 0 bridgehead atoms. The zero-order valence-electron chi connectivity index (χ0n) is 8.08. The van der Waals surface area contributed by atoms with E-state index in [0.29, 0.717) is 6.42 Å². The fourth-order valence-electron chi connectivity index (χ4n) is 2.10. The number of aliphatic hydroxyl groups excluding tert-OH is 4. The summed E-state index contributed by atoms with van der Waals surface area (Å²) in [6.07, 6.45) is -3.92. The molecule has 0 aromatic heterocycles. The number of aliphatic hydroxyl groups is 4. The van der Waals surface area contributed by atoms with Gasteiger partial charge in [0, 0.05) is 6.42 Å². The van der Waals surface area contributed by atoms with Gasteiger partial charge in [0.05, 0.1) is 6.61 Å². The Labute approximate surface area is 93.1 Å². The van der Waals surface area contributed by atoms with Crippen molar-refractivity contribution in [2.24, 2.45) is 0 Å². The lowest BCUT2D eigenvalue weighted by Crippen LogP contribution is -3.00. The van der Waals surface area contributed by atoms with Crippen LogP contribution in [0.1, 0.15) is 6.42 Å². The zero-order chi connectivity index (χ0) is 10.5. The standard InChI is InChI=1S/C8H15NO5.ClH/c9-4-1-8(4)7(13)6(12)5(11)3(2-10)14-8;/h3-7,10-13H,1-2,9H2;1H/t3-,4-,5+,6+,7-,8+;/m1./s1. The monoisotopic (exact) mass is 241 g/mol. The summed E-state index contributed by atoms with van der Waals surface area (Å²) >= 11 is 0. The molecule has 6 nitrogen and oxygen atoms in total. The number of halogens is 1. The number of hydrogen-bond acceptors (Lipinski definition) is 5. The maximum Gasteiger partial charge on any atom is 0.154 e. The van der Waals surface area contributed by atoms with E-state index in [0.717, 1.165) is 0 Å². The van der Waals surface area contributed by atoms with Gasteiger partial charge in [-0.3, -0.25) is 0 Å². The molecule has 2 fully saturated rings. The summed E-state index contributed by atoms with van der Waals surface area (Å²) in [6, 6.07) is -0.0892. The molecule has 15 heavy (non-hydrogen) atoms. The number of rotatable bonds is 1. The number of ether oxygens (including phenoxy) is 1. The molecule has 0 unspecified atom stereocenters. The fraction of sp³-hybridized carbons (Fsp3) is 1.00. The quantitative estimate of drug-likeness (QED) is 0.313. The summed E-state index contributed by atoms with van der Waals surface area (Å²) in [7, 11) is 0. The lowest BCUT2D eigenvalue weighted by Gasteiger charge is -2.40. The second-order valence-corrected chi connectivity index (χ2v) is 4.12. The molecule has 2 aliphatic rings. The van der Waals surface area contributed by atoms with E-state index in [-0.39, 0.29) is 25.1 Å². The average Bonchev–Trinajstić information content (AvgIpc) is 2.81. The Morgan fingerprint density at radius 3 is 2.20 bits per heavy atom. The van der Waals surface area contributed by atoms with Crippen LogP contribution in [0.2, 0.25) is 0 Å². The van der Waals surface area contributed by atoms with Crippen molar-refractivity contribution >= 4 is 0 Å². The lowest BCUT2D eigenvalue weighted by atomic mass is 9.93. The van der Waals surface area contributed by atoms with E-state index in [2.05, 4.69) is 5.73 Å². The van der Waals surface area contributed by atoms with Crippen LogP contribution < -0.4 is 18.1 Å². The van der Waals surface area contributed by atoms with E-state index < -0.39 is 30.0 Å². The van der Waals surface area contributed by atoms with Gasteiger partial charge in [0.15, 0.2) is 5.60 Å². The van der Waals surface area contributed by atoms with Crippen molar-refractivity contribution in [3.05, 3.63) is 0 Å². The van der Waals surface area contributed by atoms with Gasteiger partial charge >= 0.3 is 0 Å². The van der Waals surface area contributed by atoms with Crippen LogP contribution in [0.25, 0.3) is 0 Å². The van der Waals surface area contributed by atoms with Gasteiger partial charge in [-0.05, 0) is 0 Å². The first kappa shape index (κ1) is 13.1. The lowest BCUT2D eigenvalue weighted by molar-refractivity contribution is -0.411. The highest BCUT2D eigenvalue weighted by molar-refractivity contribution is 5.16. The van der Waals surface area contributed by atoms with Crippen LogP contribution in [0.4, 0.5) is 0 Å². The Bertz CT molecular complexity index is 241. The summed E-state index contributed by atoms with van der Waals surface area (Å²) < 4.78 is 5.37. The largest absolute Gasteiger partial charge is 1.00 e. The molecule has 0 aromatic rings. The SMILES string of the molecule is [Cl-].[NH3+][C@@H]1C[C@]12O[C@H](CO)[C@H](O)[C@H](O)[C@H]2O. The molecular weight excluding hydrogens is 226 g/mol. The van der Waals surface area contributed by atoms with Crippen molar-refractivity contribution in [3.8, 4) is 0 Å². The molecule has 7 heteroatoms. The highest BCUT2D eigenvalue weighted by Crippen LogP contribution is 2.46. The summed E-state index contributed by atoms with van der Waals surface area (Å²) in [5.41, 5.74) is 2.89. The van der Waals surface area contributed by atoms with Crippen LogP contribution in [0, 0.1) is 0 Å². The van der Waals surface area contributed by atoms with Crippen molar-refractivity contribution in [1.82, 2.24) is 0 Å². The van der Waals surface area contributed by atoms with Gasteiger partial charge in [0.1, 0.15) is 30.5 Å². The molecule has 6 atom stereocenters.